The van der Waals surface area contributed by atoms with Crippen molar-refractivity contribution >= 4 is 11.5 Å². The third-order valence-electron chi connectivity index (χ3n) is 6.56. The van der Waals surface area contributed by atoms with Gasteiger partial charge in [-0.25, -0.2) is 9.37 Å². The van der Waals surface area contributed by atoms with Crippen LogP contribution >= 0.6 is 0 Å². The van der Waals surface area contributed by atoms with Crippen LogP contribution in [0.3, 0.4) is 0 Å². The van der Waals surface area contributed by atoms with Gasteiger partial charge in [-0.3, -0.25) is 9.69 Å². The van der Waals surface area contributed by atoms with Crippen LogP contribution < -0.4 is 5.73 Å². The number of aromatic nitrogens is 2. The monoisotopic (exact) mass is 449 g/mol. The summed E-state index contributed by atoms with van der Waals surface area (Å²) in [6.07, 6.45) is 2.86. The van der Waals surface area contributed by atoms with Gasteiger partial charge in [0.15, 0.2) is 5.69 Å². The molecule has 1 atom stereocenters. The van der Waals surface area contributed by atoms with Crippen LogP contribution in [0.2, 0.25) is 0 Å². The van der Waals surface area contributed by atoms with Gasteiger partial charge in [0, 0.05) is 38.3 Å². The number of nitrogens with zero attached hydrogens (tertiary/aromatic N) is 4. The summed E-state index contributed by atoms with van der Waals surface area (Å²) in [4.78, 5) is 21.7. The molecule has 1 fully saturated rings. The maximum Gasteiger partial charge on any atom is 0.269 e. The molecule has 2 bridgehead atoms. The van der Waals surface area contributed by atoms with Crippen molar-refractivity contribution in [2.24, 2.45) is 5.73 Å². The summed E-state index contributed by atoms with van der Waals surface area (Å²) in [6.45, 7) is 7.42. The molecule has 172 valence electrons. The Balaban J connectivity index is 1.64. The van der Waals surface area contributed by atoms with Crippen molar-refractivity contribution in [1.29, 1.82) is 0 Å². The largest absolute Gasteiger partial charge is 0.378 e. The van der Waals surface area contributed by atoms with Crippen LogP contribution in [-0.2, 0) is 6.54 Å². The van der Waals surface area contributed by atoms with Gasteiger partial charge in [0.1, 0.15) is 17.2 Å². The molecule has 3 aliphatic heterocycles. The molecule has 1 amide bonds. The molecule has 0 spiro atoms. The van der Waals surface area contributed by atoms with Crippen molar-refractivity contribution in [3.05, 3.63) is 46.5 Å². The molecule has 6 rings (SSSR count). The number of hydrogen-bond donors (Lipinski definition) is 2. The maximum atomic E-state index is 14.9. The Morgan fingerprint density at radius 2 is 1.97 bits per heavy atom. The Bertz CT molecular complexity index is 1240. The SMILES string of the molecule is CN1CCN(Cc2c(C(N)=O)nc3n2C2C=C(C2)c2cc(F)c(C#CC(C)(C)O)cc2-3)CC1. The minimum atomic E-state index is -1.24. The molecule has 7 nitrogen and oxygen atoms in total. The Labute approximate surface area is 192 Å². The third-order valence-corrected chi connectivity index (χ3v) is 6.56. The minimum absolute atomic E-state index is 0.0550. The van der Waals surface area contributed by atoms with E-state index in [1.54, 1.807) is 19.9 Å². The summed E-state index contributed by atoms with van der Waals surface area (Å²) in [5, 5.41) is 9.95. The van der Waals surface area contributed by atoms with E-state index < -0.39 is 17.3 Å². The van der Waals surface area contributed by atoms with Crippen molar-refractivity contribution in [2.75, 3.05) is 33.2 Å². The Morgan fingerprint density at radius 1 is 1.27 bits per heavy atom. The summed E-state index contributed by atoms with van der Waals surface area (Å²) in [6, 6.07) is 3.22. The van der Waals surface area contributed by atoms with Crippen LogP contribution in [0.5, 0.6) is 0 Å². The van der Waals surface area contributed by atoms with Crippen molar-refractivity contribution in [3.8, 4) is 23.2 Å². The van der Waals surface area contributed by atoms with Crippen LogP contribution in [0, 0.1) is 17.7 Å². The van der Waals surface area contributed by atoms with Crippen LogP contribution in [0.15, 0.2) is 18.2 Å². The number of amides is 1. The number of allylic oxidation sites excluding steroid dienone is 2. The average molecular weight is 450 g/mol. The highest BCUT2D eigenvalue weighted by Gasteiger charge is 2.36. The van der Waals surface area contributed by atoms with Gasteiger partial charge in [0.2, 0.25) is 0 Å². The molecule has 1 aromatic heterocycles. The molecule has 4 heterocycles. The van der Waals surface area contributed by atoms with Gasteiger partial charge in [0.05, 0.1) is 17.3 Å². The van der Waals surface area contributed by atoms with Gasteiger partial charge in [-0.15, -0.1) is 0 Å². The molecule has 0 saturated carbocycles. The number of aliphatic hydroxyl groups is 1. The minimum Gasteiger partial charge on any atom is -0.378 e. The summed E-state index contributed by atoms with van der Waals surface area (Å²) < 4.78 is 17.0. The predicted octanol–water partition coefficient (Wildman–Crippen LogP) is 2.00. The number of hydrogen-bond acceptors (Lipinski definition) is 5. The Morgan fingerprint density at radius 3 is 2.61 bits per heavy atom. The number of likely N-dealkylation sites (N-methyl/N-ethyl adjacent to an activating group) is 1. The number of nitrogens with two attached hydrogens (primary N) is 1. The van der Waals surface area contributed by atoms with E-state index in [0.717, 1.165) is 55.0 Å². The second-order valence-electron chi connectivity index (χ2n) is 9.69. The first kappa shape index (κ1) is 21.8. The summed E-state index contributed by atoms with van der Waals surface area (Å²) in [5.41, 5.74) is 8.34. The topological polar surface area (TPSA) is 87.6 Å². The summed E-state index contributed by atoms with van der Waals surface area (Å²) in [5.74, 6) is 5.05. The first-order chi connectivity index (χ1) is 15.6. The second kappa shape index (κ2) is 7.80. The molecule has 2 aromatic rings. The van der Waals surface area contributed by atoms with Gasteiger partial charge in [0.25, 0.3) is 5.91 Å². The lowest BCUT2D eigenvalue weighted by molar-refractivity contribution is 0.0991. The van der Waals surface area contributed by atoms with Gasteiger partial charge in [-0.05, 0) is 50.6 Å². The molecule has 33 heavy (non-hydrogen) atoms. The zero-order valence-corrected chi connectivity index (χ0v) is 19.2. The van der Waals surface area contributed by atoms with Gasteiger partial charge in [-0.1, -0.05) is 17.9 Å². The Hall–Kier alpha value is -2.99. The van der Waals surface area contributed by atoms with E-state index in [1.165, 1.54) is 6.07 Å². The lowest BCUT2D eigenvalue weighted by Crippen LogP contribution is -2.44. The number of benzene rings is 1. The lowest BCUT2D eigenvalue weighted by atomic mass is 9.86. The molecule has 1 aliphatic carbocycles. The van der Waals surface area contributed by atoms with E-state index >= 15 is 0 Å². The standard InChI is InChI=1S/C25H28FN5O2/c1-25(2,33)5-4-15-12-19-18(13-20(15)26)16-10-17(11-16)31-21(22(23(27)32)28-24(19)31)14-30-8-6-29(3)7-9-30/h10,12-13,17,33H,6-9,11,14H2,1-3H3,(H2,27,32). The average Bonchev–Trinajstić information content (AvgIpc) is 2.94. The van der Waals surface area contributed by atoms with E-state index in [4.69, 9.17) is 5.73 Å². The van der Waals surface area contributed by atoms with Crippen molar-refractivity contribution in [1.82, 2.24) is 19.4 Å². The number of imidazole rings is 1. The van der Waals surface area contributed by atoms with Gasteiger partial charge >= 0.3 is 0 Å². The molecule has 1 saturated heterocycles. The lowest BCUT2D eigenvalue weighted by Gasteiger charge is -2.33. The van der Waals surface area contributed by atoms with Crippen LogP contribution in [0.1, 0.15) is 53.6 Å². The second-order valence-corrected chi connectivity index (χ2v) is 9.69. The van der Waals surface area contributed by atoms with Gasteiger partial charge < -0.3 is 20.3 Å². The van der Waals surface area contributed by atoms with Gasteiger partial charge in [-0.2, -0.15) is 0 Å². The first-order valence-corrected chi connectivity index (χ1v) is 11.2. The molecule has 8 heteroatoms. The van der Waals surface area contributed by atoms with E-state index in [2.05, 4.69) is 44.3 Å². The number of rotatable bonds is 3. The molecule has 1 unspecified atom stereocenters. The highest BCUT2D eigenvalue weighted by molar-refractivity contribution is 5.94. The van der Waals surface area contributed by atoms with Crippen molar-refractivity contribution in [2.45, 2.75) is 38.5 Å². The molecular weight excluding hydrogens is 421 g/mol. The Kier molecular flexibility index (Phi) is 5.16. The van der Waals surface area contributed by atoms with Crippen molar-refractivity contribution in [3.63, 3.8) is 0 Å². The molecule has 3 N–H and O–H groups in total. The quantitative estimate of drug-likeness (QED) is 0.700. The highest BCUT2D eigenvalue weighted by Crippen LogP contribution is 2.48. The van der Waals surface area contributed by atoms with Crippen LogP contribution in [0.25, 0.3) is 17.0 Å². The fourth-order valence-electron chi connectivity index (χ4n) is 4.71. The van der Waals surface area contributed by atoms with E-state index in [0.29, 0.717) is 12.4 Å². The normalized spacial score (nSPS) is 20.0. The fraction of sp³-hybridized carbons (Fsp3) is 0.440. The molecule has 4 aliphatic rings. The summed E-state index contributed by atoms with van der Waals surface area (Å²) >= 11 is 0. The molecule has 0 radical (unpaired) electrons. The zero-order chi connectivity index (χ0) is 23.5. The fourth-order valence-corrected chi connectivity index (χ4v) is 4.71. The first-order valence-electron chi connectivity index (χ1n) is 11.2. The zero-order valence-electron chi connectivity index (χ0n) is 19.2. The maximum absolute atomic E-state index is 14.9. The smallest absolute Gasteiger partial charge is 0.269 e. The highest BCUT2D eigenvalue weighted by atomic mass is 19.1. The summed E-state index contributed by atoms with van der Waals surface area (Å²) in [7, 11) is 2.10. The van der Waals surface area contributed by atoms with Crippen LogP contribution in [-0.4, -0.2) is 69.2 Å². The van der Waals surface area contributed by atoms with E-state index in [1.807, 2.05) is 0 Å². The van der Waals surface area contributed by atoms with Crippen LogP contribution in [0.4, 0.5) is 4.39 Å². The molecule has 1 aromatic carbocycles. The number of piperazine rings is 1. The van der Waals surface area contributed by atoms with Crippen molar-refractivity contribution < 1.29 is 14.3 Å². The number of primary amides is 1. The van der Waals surface area contributed by atoms with E-state index in [-0.39, 0.29) is 17.3 Å². The third kappa shape index (κ3) is 3.97. The number of carbonyl (C=O) groups excluding carboxylic acids is 1. The molecular formula is C25H28FN5O2. The number of halogens is 1. The van der Waals surface area contributed by atoms with E-state index in [9.17, 15) is 14.3 Å². The number of carbonyl (C=O) groups is 1. The predicted molar refractivity (Wildman–Crippen MR) is 124 cm³/mol.